The quantitative estimate of drug-likeness (QED) is 0.816. The molecule has 4 nitrogen and oxygen atoms in total. The first-order valence-electron chi connectivity index (χ1n) is 7.22. The topological polar surface area (TPSA) is 58.6 Å². The molecule has 2 bridgehead atoms. The summed E-state index contributed by atoms with van der Waals surface area (Å²) in [4.78, 5) is 8.90. The molecular weight excluding hydrogens is 318 g/mol. The number of rotatable bonds is 2. The number of halogens is 4. The Morgan fingerprint density at radius 1 is 1.13 bits per heavy atom. The van der Waals surface area contributed by atoms with E-state index in [2.05, 4.69) is 5.32 Å². The fourth-order valence-electron chi connectivity index (χ4n) is 2.81. The molecule has 3 atom stereocenters. The number of hydrogen-bond acceptors (Lipinski definition) is 3. The summed E-state index contributed by atoms with van der Waals surface area (Å²) in [5.74, 6) is -2.18. The van der Waals surface area contributed by atoms with Gasteiger partial charge in [0, 0.05) is 12.1 Å². The van der Waals surface area contributed by atoms with Crippen LogP contribution in [0.1, 0.15) is 25.7 Å². The third kappa shape index (κ3) is 5.38. The highest BCUT2D eigenvalue weighted by Gasteiger charge is 2.38. The van der Waals surface area contributed by atoms with Crippen molar-refractivity contribution in [3.05, 3.63) is 30.1 Å². The second kappa shape index (κ2) is 7.16. The van der Waals surface area contributed by atoms with Crippen LogP contribution in [0.5, 0.6) is 5.75 Å². The van der Waals surface area contributed by atoms with E-state index in [1.807, 2.05) is 0 Å². The van der Waals surface area contributed by atoms with Gasteiger partial charge in [0.1, 0.15) is 17.7 Å². The molecule has 0 aromatic heterocycles. The van der Waals surface area contributed by atoms with Crippen molar-refractivity contribution >= 4 is 5.97 Å². The Morgan fingerprint density at radius 2 is 1.61 bits per heavy atom. The van der Waals surface area contributed by atoms with E-state index in [4.69, 9.17) is 14.6 Å². The zero-order valence-electron chi connectivity index (χ0n) is 12.1. The van der Waals surface area contributed by atoms with E-state index in [9.17, 15) is 17.6 Å². The first kappa shape index (κ1) is 17.5. The van der Waals surface area contributed by atoms with Crippen molar-refractivity contribution in [1.82, 2.24) is 5.32 Å². The molecule has 2 aliphatic heterocycles. The SMILES string of the molecule is Fc1ccc(OC2C[C@H]3CC[C@@H](C2)N3)cc1.O=C(O)C(F)(F)F. The highest BCUT2D eigenvalue weighted by molar-refractivity contribution is 5.73. The summed E-state index contributed by atoms with van der Waals surface area (Å²) < 4.78 is 50.4. The van der Waals surface area contributed by atoms with Crippen LogP contribution < -0.4 is 10.1 Å². The molecule has 2 saturated heterocycles. The van der Waals surface area contributed by atoms with Gasteiger partial charge in [0.05, 0.1) is 0 Å². The van der Waals surface area contributed by atoms with E-state index in [1.165, 1.54) is 25.0 Å². The van der Waals surface area contributed by atoms with Gasteiger partial charge in [-0.05, 0) is 49.9 Å². The standard InChI is InChI=1S/C13H16FNO.C2HF3O2/c14-9-1-5-12(6-2-9)16-13-7-10-3-4-11(8-13)15-10;3-2(4,5)1(6)7/h1-2,5-6,10-11,13,15H,3-4,7-8H2;(H,6,7)/t10-,11+,13?;. The van der Waals surface area contributed by atoms with Crippen LogP contribution in [0.25, 0.3) is 0 Å². The van der Waals surface area contributed by atoms with E-state index in [-0.39, 0.29) is 5.82 Å². The Hall–Kier alpha value is -1.83. The Balaban J connectivity index is 0.000000236. The lowest BCUT2D eigenvalue weighted by molar-refractivity contribution is -0.192. The van der Waals surface area contributed by atoms with Crippen LogP contribution in [-0.4, -0.2) is 35.4 Å². The van der Waals surface area contributed by atoms with Crippen molar-refractivity contribution in [3.8, 4) is 5.75 Å². The van der Waals surface area contributed by atoms with Gasteiger partial charge in [-0.3, -0.25) is 0 Å². The van der Waals surface area contributed by atoms with Crippen LogP contribution in [0.15, 0.2) is 24.3 Å². The first-order valence-corrected chi connectivity index (χ1v) is 7.22. The fraction of sp³-hybridized carbons (Fsp3) is 0.533. The van der Waals surface area contributed by atoms with E-state index < -0.39 is 12.1 Å². The molecule has 1 aromatic rings. The van der Waals surface area contributed by atoms with Crippen LogP contribution in [0.3, 0.4) is 0 Å². The maximum absolute atomic E-state index is 12.7. The number of ether oxygens (including phenoxy) is 1. The number of piperidine rings is 1. The molecule has 2 heterocycles. The lowest BCUT2D eigenvalue weighted by Gasteiger charge is -2.29. The van der Waals surface area contributed by atoms with Crippen LogP contribution in [0.4, 0.5) is 17.6 Å². The Morgan fingerprint density at radius 3 is 2.04 bits per heavy atom. The van der Waals surface area contributed by atoms with E-state index in [1.54, 1.807) is 12.1 Å². The Labute approximate surface area is 130 Å². The predicted octanol–water partition coefficient (Wildman–Crippen LogP) is 3.12. The average Bonchev–Trinajstić information content (AvgIpc) is 2.80. The first-order chi connectivity index (χ1) is 10.7. The molecule has 8 heteroatoms. The molecule has 0 spiro atoms. The largest absolute Gasteiger partial charge is 0.490 e. The average molecular weight is 335 g/mol. The number of aliphatic carboxylic acids is 1. The minimum Gasteiger partial charge on any atom is -0.490 e. The monoisotopic (exact) mass is 335 g/mol. The lowest BCUT2D eigenvalue weighted by atomic mass is 10.0. The van der Waals surface area contributed by atoms with Crippen molar-refractivity contribution < 1.29 is 32.2 Å². The molecule has 2 fully saturated rings. The van der Waals surface area contributed by atoms with Gasteiger partial charge >= 0.3 is 12.1 Å². The molecule has 3 rings (SSSR count). The number of hydrogen-bond donors (Lipinski definition) is 2. The summed E-state index contributed by atoms with van der Waals surface area (Å²) in [6, 6.07) is 7.57. The third-order valence-corrected chi connectivity index (χ3v) is 3.79. The van der Waals surface area contributed by atoms with E-state index in [0.717, 1.165) is 18.6 Å². The zero-order chi connectivity index (χ0) is 17.0. The van der Waals surface area contributed by atoms with Crippen molar-refractivity contribution in [1.29, 1.82) is 0 Å². The fourth-order valence-corrected chi connectivity index (χ4v) is 2.81. The van der Waals surface area contributed by atoms with Crippen molar-refractivity contribution in [2.24, 2.45) is 0 Å². The second-order valence-electron chi connectivity index (χ2n) is 5.61. The highest BCUT2D eigenvalue weighted by atomic mass is 19.4. The maximum atomic E-state index is 12.7. The molecule has 0 saturated carbocycles. The van der Waals surface area contributed by atoms with Crippen molar-refractivity contribution in [2.45, 2.75) is 50.0 Å². The van der Waals surface area contributed by atoms with Crippen LogP contribution >= 0.6 is 0 Å². The summed E-state index contributed by atoms with van der Waals surface area (Å²) in [5.41, 5.74) is 0. The van der Waals surface area contributed by atoms with Gasteiger partial charge in [-0.1, -0.05) is 0 Å². The summed E-state index contributed by atoms with van der Waals surface area (Å²) >= 11 is 0. The van der Waals surface area contributed by atoms with Gasteiger partial charge in [0.2, 0.25) is 0 Å². The van der Waals surface area contributed by atoms with Crippen molar-refractivity contribution in [3.63, 3.8) is 0 Å². The smallest absolute Gasteiger partial charge is 0.490 e. The van der Waals surface area contributed by atoms with Gasteiger partial charge < -0.3 is 15.2 Å². The molecule has 0 aliphatic carbocycles. The van der Waals surface area contributed by atoms with Crippen LogP contribution in [0, 0.1) is 5.82 Å². The Kier molecular flexibility index (Phi) is 5.46. The summed E-state index contributed by atoms with van der Waals surface area (Å²) in [5, 5.41) is 10.7. The molecule has 0 amide bonds. The maximum Gasteiger partial charge on any atom is 0.490 e. The number of nitrogens with one attached hydrogen (secondary N) is 1. The molecule has 2 aliphatic rings. The predicted molar refractivity (Wildman–Crippen MR) is 73.7 cm³/mol. The van der Waals surface area contributed by atoms with Gasteiger partial charge in [-0.15, -0.1) is 0 Å². The van der Waals surface area contributed by atoms with Crippen LogP contribution in [0.2, 0.25) is 0 Å². The normalized spacial score (nSPS) is 26.2. The molecule has 128 valence electrons. The lowest BCUT2D eigenvalue weighted by Crippen LogP contribution is -2.42. The molecular formula is C15H17F4NO3. The molecule has 1 unspecified atom stereocenters. The number of carboxylic acids is 1. The number of carboxylic acid groups (broad SMARTS) is 1. The van der Waals surface area contributed by atoms with E-state index in [0.29, 0.717) is 18.2 Å². The number of benzene rings is 1. The molecule has 1 aromatic carbocycles. The Bertz CT molecular complexity index is 521. The summed E-state index contributed by atoms with van der Waals surface area (Å²) in [7, 11) is 0. The van der Waals surface area contributed by atoms with Gasteiger partial charge in [0.25, 0.3) is 0 Å². The number of fused-ring (bicyclic) bond motifs is 2. The van der Waals surface area contributed by atoms with Gasteiger partial charge in [-0.25, -0.2) is 9.18 Å². The molecule has 23 heavy (non-hydrogen) atoms. The minimum atomic E-state index is -5.08. The number of alkyl halides is 3. The number of carbonyl (C=O) groups is 1. The second-order valence-corrected chi connectivity index (χ2v) is 5.61. The third-order valence-electron chi connectivity index (χ3n) is 3.79. The van der Waals surface area contributed by atoms with Crippen LogP contribution in [-0.2, 0) is 4.79 Å². The van der Waals surface area contributed by atoms with Gasteiger partial charge in [0.15, 0.2) is 0 Å². The molecule has 2 N–H and O–H groups in total. The van der Waals surface area contributed by atoms with E-state index >= 15 is 0 Å². The summed E-state index contributed by atoms with van der Waals surface area (Å²) in [6.07, 6.45) is -0.0897. The van der Waals surface area contributed by atoms with Crippen molar-refractivity contribution in [2.75, 3.05) is 0 Å². The zero-order valence-corrected chi connectivity index (χ0v) is 12.1. The summed E-state index contributed by atoms with van der Waals surface area (Å²) in [6.45, 7) is 0. The van der Waals surface area contributed by atoms with Gasteiger partial charge in [-0.2, -0.15) is 13.2 Å². The highest BCUT2D eigenvalue weighted by Crippen LogP contribution is 2.29. The minimum absolute atomic E-state index is 0.210. The molecule has 0 radical (unpaired) electrons.